The normalized spacial score (nSPS) is 15.2. The molecule has 1 aliphatic carbocycles. The number of para-hydroxylation sites is 2. The van der Waals surface area contributed by atoms with Crippen LogP contribution in [-0.2, 0) is 0 Å². The maximum atomic E-state index is 13.9. The smallest absolute Gasteiger partial charge is 0.265 e. The van der Waals surface area contributed by atoms with Crippen molar-refractivity contribution in [1.82, 2.24) is 24.1 Å². The number of nitrogens with zero attached hydrogens (tertiary/aromatic N) is 5. The van der Waals surface area contributed by atoms with Gasteiger partial charge in [0.05, 0.1) is 11.0 Å². The molecule has 0 amide bonds. The van der Waals surface area contributed by atoms with Gasteiger partial charge in [0.1, 0.15) is 16.7 Å². The second-order valence-electron chi connectivity index (χ2n) is 8.52. The standard InChI is InChI=1S/C25H22ClN5O/c1-15-27-23-21(25(32)30(15)17-7-3-2-4-8-17)22-24(29-20-10-6-5-9-19(20)28-22)31(23)18-13-11-16(26)12-14-18/h5-6,9-14,17H,2-4,7-8H2,1H3. The molecule has 7 heteroatoms. The summed E-state index contributed by atoms with van der Waals surface area (Å²) in [5.41, 5.74) is 4.18. The number of aromatic nitrogens is 5. The molecule has 1 fully saturated rings. The summed E-state index contributed by atoms with van der Waals surface area (Å²) >= 11 is 6.14. The highest BCUT2D eigenvalue weighted by Gasteiger charge is 2.25. The minimum atomic E-state index is -0.0262. The van der Waals surface area contributed by atoms with Crippen molar-refractivity contribution in [2.75, 3.05) is 0 Å². The van der Waals surface area contributed by atoms with Crippen molar-refractivity contribution in [2.24, 2.45) is 0 Å². The van der Waals surface area contributed by atoms with E-state index in [0.717, 1.165) is 48.2 Å². The summed E-state index contributed by atoms with van der Waals surface area (Å²) in [5, 5.41) is 1.18. The molecule has 0 saturated heterocycles. The predicted octanol–water partition coefficient (Wildman–Crippen LogP) is 5.75. The molecule has 0 radical (unpaired) electrons. The molecule has 0 aliphatic heterocycles. The molecule has 1 saturated carbocycles. The molecule has 1 aliphatic rings. The molecule has 3 heterocycles. The fourth-order valence-electron chi connectivity index (χ4n) is 5.01. The monoisotopic (exact) mass is 443 g/mol. The largest absolute Gasteiger partial charge is 0.293 e. The molecule has 2 aromatic carbocycles. The Morgan fingerprint density at radius 1 is 0.875 bits per heavy atom. The summed E-state index contributed by atoms with van der Waals surface area (Å²) in [7, 11) is 0. The summed E-state index contributed by atoms with van der Waals surface area (Å²) < 4.78 is 3.82. The minimum Gasteiger partial charge on any atom is -0.293 e. The topological polar surface area (TPSA) is 65.6 Å². The third-order valence-corrected chi connectivity index (χ3v) is 6.76. The molecule has 6 rings (SSSR count). The van der Waals surface area contributed by atoms with E-state index in [0.29, 0.717) is 27.2 Å². The Bertz CT molecular complexity index is 1550. The van der Waals surface area contributed by atoms with Gasteiger partial charge in [0.2, 0.25) is 0 Å². The Morgan fingerprint density at radius 2 is 1.56 bits per heavy atom. The van der Waals surface area contributed by atoms with Crippen molar-refractivity contribution in [2.45, 2.75) is 45.1 Å². The van der Waals surface area contributed by atoms with Crippen molar-refractivity contribution >= 4 is 44.8 Å². The lowest BCUT2D eigenvalue weighted by Crippen LogP contribution is -2.29. The van der Waals surface area contributed by atoms with Crippen LogP contribution in [0.15, 0.2) is 53.3 Å². The van der Waals surface area contributed by atoms with E-state index in [1.807, 2.05) is 64.6 Å². The number of halogens is 1. The van der Waals surface area contributed by atoms with Gasteiger partial charge in [0.15, 0.2) is 11.3 Å². The minimum absolute atomic E-state index is 0.0262. The van der Waals surface area contributed by atoms with Gasteiger partial charge in [-0.1, -0.05) is 43.0 Å². The van der Waals surface area contributed by atoms with Crippen LogP contribution in [0.25, 0.3) is 38.9 Å². The van der Waals surface area contributed by atoms with E-state index < -0.39 is 0 Å². The fourth-order valence-corrected chi connectivity index (χ4v) is 5.14. The van der Waals surface area contributed by atoms with E-state index in [2.05, 4.69) is 0 Å². The Balaban J connectivity index is 1.76. The van der Waals surface area contributed by atoms with Crippen LogP contribution in [0.4, 0.5) is 0 Å². The summed E-state index contributed by atoms with van der Waals surface area (Å²) in [4.78, 5) is 28.7. The first-order valence-corrected chi connectivity index (χ1v) is 11.5. The highest BCUT2D eigenvalue weighted by Crippen LogP contribution is 2.32. The Labute approximate surface area is 189 Å². The molecule has 0 unspecified atom stereocenters. The summed E-state index contributed by atoms with van der Waals surface area (Å²) in [6, 6.07) is 15.4. The van der Waals surface area contributed by atoms with Crippen LogP contribution in [0.1, 0.15) is 44.0 Å². The number of hydrogen-bond donors (Lipinski definition) is 0. The lowest BCUT2D eigenvalue weighted by atomic mass is 9.95. The zero-order valence-corrected chi connectivity index (χ0v) is 18.5. The number of rotatable bonds is 2. The average molecular weight is 444 g/mol. The molecule has 5 aromatic rings. The van der Waals surface area contributed by atoms with E-state index in [1.165, 1.54) is 6.42 Å². The van der Waals surface area contributed by atoms with E-state index >= 15 is 0 Å². The van der Waals surface area contributed by atoms with Gasteiger partial charge in [0, 0.05) is 16.8 Å². The highest BCUT2D eigenvalue weighted by molar-refractivity contribution is 6.30. The van der Waals surface area contributed by atoms with Crippen molar-refractivity contribution in [3.05, 3.63) is 69.7 Å². The molecule has 160 valence electrons. The second-order valence-corrected chi connectivity index (χ2v) is 8.96. The van der Waals surface area contributed by atoms with Crippen molar-refractivity contribution in [3.8, 4) is 5.69 Å². The van der Waals surface area contributed by atoms with Crippen molar-refractivity contribution in [3.63, 3.8) is 0 Å². The van der Waals surface area contributed by atoms with E-state index in [-0.39, 0.29) is 11.6 Å². The van der Waals surface area contributed by atoms with Crippen molar-refractivity contribution in [1.29, 1.82) is 0 Å². The lowest BCUT2D eigenvalue weighted by molar-refractivity contribution is 0.339. The van der Waals surface area contributed by atoms with Crippen LogP contribution in [0.3, 0.4) is 0 Å². The average Bonchev–Trinajstić information content (AvgIpc) is 3.12. The van der Waals surface area contributed by atoms with Gasteiger partial charge >= 0.3 is 0 Å². The summed E-state index contributed by atoms with van der Waals surface area (Å²) in [5.74, 6) is 0.733. The predicted molar refractivity (Wildman–Crippen MR) is 128 cm³/mol. The molecule has 0 atom stereocenters. The highest BCUT2D eigenvalue weighted by atomic mass is 35.5. The third kappa shape index (κ3) is 2.93. The van der Waals surface area contributed by atoms with Gasteiger partial charge in [-0.2, -0.15) is 0 Å². The zero-order chi connectivity index (χ0) is 21.8. The second kappa shape index (κ2) is 7.41. The number of benzene rings is 2. The van der Waals surface area contributed by atoms with Gasteiger partial charge in [-0.05, 0) is 56.2 Å². The van der Waals surface area contributed by atoms with Gasteiger partial charge < -0.3 is 0 Å². The van der Waals surface area contributed by atoms with Crippen LogP contribution in [0.2, 0.25) is 5.02 Å². The molecule has 0 bridgehead atoms. The SMILES string of the molecule is Cc1nc2c(c(=O)n1C1CCCCC1)c1nc3ccccc3nc1n2-c1ccc(Cl)cc1. The first-order valence-electron chi connectivity index (χ1n) is 11.1. The van der Waals surface area contributed by atoms with E-state index in [1.54, 1.807) is 0 Å². The van der Waals surface area contributed by atoms with Crippen LogP contribution in [0, 0.1) is 6.92 Å². The molecule has 32 heavy (non-hydrogen) atoms. The van der Waals surface area contributed by atoms with Gasteiger partial charge in [0.25, 0.3) is 5.56 Å². The third-order valence-electron chi connectivity index (χ3n) is 6.51. The maximum absolute atomic E-state index is 13.9. The van der Waals surface area contributed by atoms with Crippen molar-refractivity contribution < 1.29 is 0 Å². The zero-order valence-electron chi connectivity index (χ0n) is 17.8. The summed E-state index contributed by atoms with van der Waals surface area (Å²) in [6.45, 7) is 1.93. The van der Waals surface area contributed by atoms with Crippen LogP contribution >= 0.6 is 11.6 Å². The van der Waals surface area contributed by atoms with Crippen LogP contribution in [0.5, 0.6) is 0 Å². The maximum Gasteiger partial charge on any atom is 0.265 e. The van der Waals surface area contributed by atoms with E-state index in [4.69, 9.17) is 26.6 Å². The Kier molecular flexibility index (Phi) is 4.50. The van der Waals surface area contributed by atoms with Gasteiger partial charge in [-0.25, -0.2) is 15.0 Å². The molecule has 0 N–H and O–H groups in total. The number of fused-ring (bicyclic) bond motifs is 4. The van der Waals surface area contributed by atoms with Crippen LogP contribution in [-0.4, -0.2) is 24.1 Å². The Hall–Kier alpha value is -3.25. The Morgan fingerprint density at radius 3 is 2.28 bits per heavy atom. The van der Waals surface area contributed by atoms with Crippen LogP contribution < -0.4 is 5.56 Å². The van der Waals surface area contributed by atoms with E-state index in [9.17, 15) is 4.79 Å². The molecular weight excluding hydrogens is 422 g/mol. The molecule has 0 spiro atoms. The van der Waals surface area contributed by atoms with Gasteiger partial charge in [-0.15, -0.1) is 0 Å². The van der Waals surface area contributed by atoms with Gasteiger partial charge in [-0.3, -0.25) is 13.9 Å². The fraction of sp³-hybridized carbons (Fsp3) is 0.280. The number of aryl methyl sites for hydroxylation is 1. The molecule has 3 aromatic heterocycles. The molecule has 6 nitrogen and oxygen atoms in total. The first-order chi connectivity index (χ1) is 15.6. The molecular formula is C25H22ClN5O. The lowest BCUT2D eigenvalue weighted by Gasteiger charge is -2.25. The quantitative estimate of drug-likeness (QED) is 0.348. The first kappa shape index (κ1) is 19.4. The number of hydrogen-bond acceptors (Lipinski definition) is 4. The summed E-state index contributed by atoms with van der Waals surface area (Å²) in [6.07, 6.45) is 5.54.